The molecule has 2 aromatic heterocycles. The summed E-state index contributed by atoms with van der Waals surface area (Å²) >= 11 is 0. The number of carbonyl (C=O) groups is 1. The lowest BCUT2D eigenvalue weighted by Crippen LogP contribution is -2.27. The second-order valence-electron chi connectivity index (χ2n) is 9.83. The van der Waals surface area contributed by atoms with E-state index < -0.39 is 22.8 Å². The monoisotopic (exact) mass is 500 g/mol. The van der Waals surface area contributed by atoms with E-state index >= 15 is 0 Å². The first-order valence-corrected chi connectivity index (χ1v) is 12.0. The van der Waals surface area contributed by atoms with E-state index in [1.165, 1.54) is 18.5 Å². The molecule has 0 spiro atoms. The van der Waals surface area contributed by atoms with Crippen molar-refractivity contribution in [2.45, 2.75) is 38.8 Å². The number of aromatic amines is 1. The van der Waals surface area contributed by atoms with Gasteiger partial charge in [0.1, 0.15) is 5.75 Å². The van der Waals surface area contributed by atoms with Crippen molar-refractivity contribution in [2.24, 2.45) is 18.9 Å². The van der Waals surface area contributed by atoms with E-state index in [2.05, 4.69) is 39.9 Å². The van der Waals surface area contributed by atoms with Gasteiger partial charge in [0, 0.05) is 54.9 Å². The summed E-state index contributed by atoms with van der Waals surface area (Å²) in [6.07, 6.45) is 2.92. The number of hydrogen-bond acceptors (Lipinski definition) is 5. The molecule has 35 heavy (non-hydrogen) atoms. The summed E-state index contributed by atoms with van der Waals surface area (Å²) in [5.41, 5.74) is 2.57. The Labute approximate surface area is 210 Å². The molecule has 4 N–H and O–H groups in total. The highest BCUT2D eigenvalue weighted by Crippen LogP contribution is 2.39. The number of aromatic nitrogens is 2. The standard InChI is InChI=1S/C26H32N4O4.ClH/c1-4-20-23(28-25(32)22(24(20)31)26(33)34)14-5-6-21-15(7-14)10-19(29(21)3)13-30-11-16-8-18(27-2)9-17(16)12-30;/h5-7,10,16-18,27H,4,8-9,11-13H2,1-3H3,(H,33,34)(H2,28,31,32);1H/t16-,17+,18+;. The van der Waals surface area contributed by atoms with Gasteiger partial charge in [-0.1, -0.05) is 13.0 Å². The van der Waals surface area contributed by atoms with Crippen LogP contribution in [0.1, 0.15) is 41.4 Å². The van der Waals surface area contributed by atoms with Gasteiger partial charge in [0.25, 0.3) is 5.56 Å². The number of nitrogens with one attached hydrogen (secondary N) is 2. The van der Waals surface area contributed by atoms with Crippen LogP contribution in [0.5, 0.6) is 5.75 Å². The Bertz CT molecular complexity index is 1320. The zero-order valence-corrected chi connectivity index (χ0v) is 21.1. The normalized spacial score (nSPS) is 21.9. The number of benzene rings is 1. The van der Waals surface area contributed by atoms with E-state index in [1.807, 2.05) is 25.1 Å². The molecule has 3 aromatic rings. The van der Waals surface area contributed by atoms with Gasteiger partial charge in [-0.2, -0.15) is 0 Å². The van der Waals surface area contributed by atoms with Crippen LogP contribution in [0, 0.1) is 11.8 Å². The second kappa shape index (κ2) is 9.68. The highest BCUT2D eigenvalue weighted by atomic mass is 35.5. The molecule has 9 heteroatoms. The molecule has 2 fully saturated rings. The third-order valence-electron chi connectivity index (χ3n) is 7.91. The van der Waals surface area contributed by atoms with Crippen molar-refractivity contribution in [1.82, 2.24) is 19.8 Å². The predicted octanol–water partition coefficient (Wildman–Crippen LogP) is 3.35. The van der Waals surface area contributed by atoms with E-state index in [-0.39, 0.29) is 12.4 Å². The number of carboxylic acid groups (broad SMARTS) is 1. The molecule has 8 nitrogen and oxygen atoms in total. The molecule has 5 rings (SSSR count). The van der Waals surface area contributed by atoms with E-state index in [0.29, 0.717) is 23.7 Å². The molecule has 1 aromatic carbocycles. The average Bonchev–Trinajstić information content (AvgIpc) is 3.44. The lowest BCUT2D eigenvalue weighted by molar-refractivity contribution is 0.0691. The van der Waals surface area contributed by atoms with Gasteiger partial charge in [-0.3, -0.25) is 9.69 Å². The summed E-state index contributed by atoms with van der Waals surface area (Å²) in [5, 5.41) is 24.3. The number of nitrogens with zero attached hydrogens (tertiary/aromatic N) is 2. The van der Waals surface area contributed by atoms with Crippen molar-refractivity contribution in [3.05, 3.63) is 51.4 Å². The van der Waals surface area contributed by atoms with Crippen molar-refractivity contribution < 1.29 is 15.0 Å². The van der Waals surface area contributed by atoms with Crippen molar-refractivity contribution in [3.63, 3.8) is 0 Å². The summed E-state index contributed by atoms with van der Waals surface area (Å²) in [6, 6.07) is 8.79. The highest BCUT2D eigenvalue weighted by molar-refractivity contribution is 5.92. The molecule has 0 radical (unpaired) electrons. The number of halogens is 1. The van der Waals surface area contributed by atoms with Crippen LogP contribution in [0.15, 0.2) is 29.1 Å². The topological polar surface area (TPSA) is 111 Å². The van der Waals surface area contributed by atoms with Gasteiger partial charge in [0.15, 0.2) is 5.56 Å². The minimum Gasteiger partial charge on any atom is -0.506 e. The maximum absolute atomic E-state index is 12.4. The zero-order valence-electron chi connectivity index (χ0n) is 20.3. The largest absolute Gasteiger partial charge is 0.506 e. The summed E-state index contributed by atoms with van der Waals surface area (Å²) in [4.78, 5) is 29.0. The predicted molar refractivity (Wildman–Crippen MR) is 139 cm³/mol. The number of H-pyrrole nitrogens is 1. The average molecular weight is 501 g/mol. The van der Waals surface area contributed by atoms with Crippen molar-refractivity contribution >= 4 is 29.3 Å². The van der Waals surface area contributed by atoms with Crippen molar-refractivity contribution in [1.29, 1.82) is 0 Å². The van der Waals surface area contributed by atoms with Crippen molar-refractivity contribution in [2.75, 3.05) is 20.1 Å². The van der Waals surface area contributed by atoms with Crippen LogP contribution in [0.2, 0.25) is 0 Å². The SMILES string of the molecule is CCc1c(-c2ccc3c(c2)cc(CN2C[C@H]4C[C@H](NC)C[C@H]4C2)n3C)[nH]c(=O)c(C(=O)O)c1O.Cl. The molecule has 3 heterocycles. The fourth-order valence-electron chi connectivity index (χ4n) is 6.12. The summed E-state index contributed by atoms with van der Waals surface area (Å²) in [6.45, 7) is 5.02. The van der Waals surface area contributed by atoms with Crippen LogP contribution in [0.3, 0.4) is 0 Å². The van der Waals surface area contributed by atoms with Crippen LogP contribution in [-0.4, -0.2) is 56.8 Å². The Morgan fingerprint density at radius 3 is 2.49 bits per heavy atom. The number of hydrogen-bond donors (Lipinski definition) is 4. The lowest BCUT2D eigenvalue weighted by atomic mass is 9.99. The quantitative estimate of drug-likeness (QED) is 0.413. The third-order valence-corrected chi connectivity index (χ3v) is 7.91. The highest BCUT2D eigenvalue weighted by Gasteiger charge is 2.40. The minimum absolute atomic E-state index is 0. The minimum atomic E-state index is -1.43. The summed E-state index contributed by atoms with van der Waals surface area (Å²) in [7, 11) is 4.15. The molecular formula is C26H33ClN4O4. The molecular weight excluding hydrogens is 468 g/mol. The smallest absolute Gasteiger partial charge is 0.345 e. The number of likely N-dealkylation sites (tertiary alicyclic amines) is 1. The van der Waals surface area contributed by atoms with Crippen LogP contribution >= 0.6 is 12.4 Å². The molecule has 1 saturated carbocycles. The fraction of sp³-hybridized carbons (Fsp3) is 0.462. The van der Waals surface area contributed by atoms with Crippen LogP contribution < -0.4 is 10.9 Å². The Balaban J connectivity index is 0.00000289. The molecule has 2 aliphatic rings. The Morgan fingerprint density at radius 2 is 1.89 bits per heavy atom. The summed E-state index contributed by atoms with van der Waals surface area (Å²) in [5.74, 6) is -0.327. The Kier molecular flexibility index (Phi) is 6.99. The van der Waals surface area contributed by atoms with E-state index in [1.54, 1.807) is 0 Å². The van der Waals surface area contributed by atoms with Gasteiger partial charge in [-0.25, -0.2) is 4.79 Å². The molecule has 0 bridgehead atoms. The van der Waals surface area contributed by atoms with Crippen LogP contribution in [-0.2, 0) is 20.0 Å². The number of aromatic carboxylic acids is 1. The first kappa shape index (κ1) is 25.3. The van der Waals surface area contributed by atoms with Crippen LogP contribution in [0.4, 0.5) is 0 Å². The summed E-state index contributed by atoms with van der Waals surface area (Å²) < 4.78 is 2.22. The van der Waals surface area contributed by atoms with E-state index in [9.17, 15) is 19.8 Å². The first-order chi connectivity index (χ1) is 16.3. The Morgan fingerprint density at radius 1 is 1.20 bits per heavy atom. The molecule has 1 aliphatic carbocycles. The Hall–Kier alpha value is -2.81. The second-order valence-corrected chi connectivity index (χ2v) is 9.83. The molecule has 0 unspecified atom stereocenters. The van der Waals surface area contributed by atoms with E-state index in [4.69, 9.17) is 0 Å². The van der Waals surface area contributed by atoms with Gasteiger partial charge < -0.3 is 25.1 Å². The number of aryl methyl sites for hydroxylation is 1. The molecule has 0 amide bonds. The number of aromatic hydroxyl groups is 1. The zero-order chi connectivity index (χ0) is 24.1. The molecule has 3 atom stereocenters. The van der Waals surface area contributed by atoms with Gasteiger partial charge in [0.2, 0.25) is 0 Å². The third kappa shape index (κ3) is 4.35. The van der Waals surface area contributed by atoms with Gasteiger partial charge in [-0.05, 0) is 61.9 Å². The maximum Gasteiger partial charge on any atom is 0.345 e. The molecule has 1 saturated heterocycles. The van der Waals surface area contributed by atoms with Gasteiger partial charge in [0.05, 0.1) is 5.69 Å². The maximum atomic E-state index is 12.4. The van der Waals surface area contributed by atoms with E-state index in [0.717, 1.165) is 47.9 Å². The first-order valence-electron chi connectivity index (χ1n) is 12.0. The fourth-order valence-corrected chi connectivity index (χ4v) is 6.12. The number of fused-ring (bicyclic) bond motifs is 2. The number of pyridine rings is 1. The van der Waals surface area contributed by atoms with Gasteiger partial charge in [-0.15, -0.1) is 12.4 Å². The lowest BCUT2D eigenvalue weighted by Gasteiger charge is -2.19. The number of rotatable bonds is 6. The number of carboxylic acids is 1. The molecule has 188 valence electrons. The van der Waals surface area contributed by atoms with Crippen molar-refractivity contribution in [3.8, 4) is 17.0 Å². The molecule has 1 aliphatic heterocycles. The van der Waals surface area contributed by atoms with Crippen LogP contribution in [0.25, 0.3) is 22.2 Å². The van der Waals surface area contributed by atoms with Gasteiger partial charge >= 0.3 is 5.97 Å².